The van der Waals surface area contributed by atoms with Gasteiger partial charge in [-0.2, -0.15) is 5.10 Å². The van der Waals surface area contributed by atoms with Crippen LogP contribution < -0.4 is 5.84 Å². The summed E-state index contributed by atoms with van der Waals surface area (Å²) in [6.45, 7) is 0. The fraction of sp³-hybridized carbons (Fsp3) is 0.125. The molecule has 0 unspecified atom stereocenters. The van der Waals surface area contributed by atoms with Crippen molar-refractivity contribution in [1.82, 2.24) is 19.9 Å². The molecule has 0 aliphatic heterocycles. The van der Waals surface area contributed by atoms with Crippen LogP contribution in [0.15, 0.2) is 18.3 Å². The molecule has 0 fully saturated rings. The average molecular weight is 242 g/mol. The lowest BCUT2D eigenvalue weighted by Gasteiger charge is -2.00. The second-order valence-electron chi connectivity index (χ2n) is 2.98. The van der Waals surface area contributed by atoms with Gasteiger partial charge in [-0.25, -0.2) is 9.66 Å². The number of hydrogen-bond donors (Lipinski definition) is 2. The molecule has 7 heteroatoms. The van der Waals surface area contributed by atoms with E-state index in [-0.39, 0.29) is 0 Å². The first-order valence-corrected chi connectivity index (χ1v) is 4.97. The van der Waals surface area contributed by atoms with Gasteiger partial charge in [0.25, 0.3) is 0 Å². The molecule has 0 bridgehead atoms. The van der Waals surface area contributed by atoms with Crippen molar-refractivity contribution in [3.63, 3.8) is 0 Å². The lowest BCUT2D eigenvalue weighted by molar-refractivity contribution is 0.865. The fourth-order valence-electron chi connectivity index (χ4n) is 1.16. The summed E-state index contributed by atoms with van der Waals surface area (Å²) in [7, 11) is 0. The molecule has 0 atom stereocenters. The van der Waals surface area contributed by atoms with Crippen LogP contribution in [0, 0.1) is 4.77 Å². The lowest BCUT2D eigenvalue weighted by atomic mass is 10.2. The molecule has 5 nitrogen and oxygen atoms in total. The molecular weight excluding hydrogens is 234 g/mol. The van der Waals surface area contributed by atoms with Crippen molar-refractivity contribution < 1.29 is 0 Å². The number of aromatic amines is 1. The minimum absolute atomic E-state index is 0.395. The molecule has 0 radical (unpaired) electrons. The second-order valence-corrected chi connectivity index (χ2v) is 3.75. The minimum atomic E-state index is 0.395. The van der Waals surface area contributed by atoms with E-state index in [0.29, 0.717) is 22.2 Å². The van der Waals surface area contributed by atoms with Crippen LogP contribution in [-0.2, 0) is 6.42 Å². The maximum absolute atomic E-state index is 5.67. The molecule has 2 rings (SSSR count). The van der Waals surface area contributed by atoms with Crippen LogP contribution in [0.5, 0.6) is 0 Å². The Morgan fingerprint density at radius 1 is 1.53 bits per heavy atom. The van der Waals surface area contributed by atoms with E-state index in [2.05, 4.69) is 15.2 Å². The van der Waals surface area contributed by atoms with Crippen molar-refractivity contribution >= 4 is 23.8 Å². The van der Waals surface area contributed by atoms with Gasteiger partial charge in [0.1, 0.15) is 5.15 Å². The molecule has 2 aromatic rings. The number of pyridine rings is 1. The van der Waals surface area contributed by atoms with Crippen LogP contribution in [0.3, 0.4) is 0 Å². The van der Waals surface area contributed by atoms with Gasteiger partial charge in [0.05, 0.1) is 0 Å². The Kier molecular flexibility index (Phi) is 2.70. The van der Waals surface area contributed by atoms with Crippen molar-refractivity contribution in [1.29, 1.82) is 0 Å². The zero-order valence-corrected chi connectivity index (χ0v) is 9.22. The molecule has 0 amide bonds. The Labute approximate surface area is 95.9 Å². The zero-order chi connectivity index (χ0) is 10.8. The molecule has 2 heterocycles. The highest BCUT2D eigenvalue weighted by molar-refractivity contribution is 7.71. The van der Waals surface area contributed by atoms with E-state index in [9.17, 15) is 0 Å². The quantitative estimate of drug-likeness (QED) is 0.472. The van der Waals surface area contributed by atoms with Gasteiger partial charge in [0.2, 0.25) is 4.77 Å². The normalized spacial score (nSPS) is 10.5. The summed E-state index contributed by atoms with van der Waals surface area (Å²) in [5.74, 6) is 6.31. The van der Waals surface area contributed by atoms with E-state index in [1.54, 1.807) is 12.3 Å². The van der Waals surface area contributed by atoms with E-state index in [1.807, 2.05) is 6.07 Å². The first kappa shape index (κ1) is 10.1. The summed E-state index contributed by atoms with van der Waals surface area (Å²) in [4.78, 5) is 3.96. The monoisotopic (exact) mass is 241 g/mol. The number of nitrogens with zero attached hydrogens (tertiary/aromatic N) is 3. The van der Waals surface area contributed by atoms with Crippen molar-refractivity contribution in [2.24, 2.45) is 0 Å². The number of rotatable bonds is 2. The van der Waals surface area contributed by atoms with Crippen LogP contribution in [0.2, 0.25) is 5.15 Å². The van der Waals surface area contributed by atoms with Crippen molar-refractivity contribution in [2.75, 3.05) is 5.84 Å². The largest absolute Gasteiger partial charge is 0.335 e. The molecule has 15 heavy (non-hydrogen) atoms. The topological polar surface area (TPSA) is 72.5 Å². The first-order chi connectivity index (χ1) is 7.16. The number of nitrogens with one attached hydrogen (secondary N) is 1. The summed E-state index contributed by atoms with van der Waals surface area (Å²) in [5.41, 5.74) is 0.972. The van der Waals surface area contributed by atoms with Crippen LogP contribution in [0.1, 0.15) is 11.4 Å². The third kappa shape index (κ3) is 2.16. The van der Waals surface area contributed by atoms with Gasteiger partial charge in [0.15, 0.2) is 5.82 Å². The van der Waals surface area contributed by atoms with Gasteiger partial charge in [0, 0.05) is 12.6 Å². The van der Waals surface area contributed by atoms with Gasteiger partial charge in [-0.1, -0.05) is 17.7 Å². The number of H-pyrrole nitrogens is 1. The SMILES string of the molecule is Nn1c(Cc2ccc(Cl)nc2)n[nH]c1=S. The number of aromatic nitrogens is 4. The molecular formula is C8H8ClN5S. The smallest absolute Gasteiger partial charge is 0.214 e. The van der Waals surface area contributed by atoms with Crippen LogP contribution in [0.4, 0.5) is 0 Å². The summed E-state index contributed by atoms with van der Waals surface area (Å²) in [5, 5.41) is 7.07. The number of nitrogen functional groups attached to an aromatic ring is 1. The highest BCUT2D eigenvalue weighted by Crippen LogP contribution is 2.08. The molecule has 78 valence electrons. The Hall–Kier alpha value is -1.40. The molecule has 0 spiro atoms. The van der Waals surface area contributed by atoms with Crippen LogP contribution in [-0.4, -0.2) is 19.9 Å². The van der Waals surface area contributed by atoms with E-state index >= 15 is 0 Å². The third-order valence-corrected chi connectivity index (χ3v) is 2.44. The molecule has 3 N–H and O–H groups in total. The molecule has 2 aromatic heterocycles. The Morgan fingerprint density at radius 2 is 2.33 bits per heavy atom. The van der Waals surface area contributed by atoms with Gasteiger partial charge < -0.3 is 5.84 Å². The van der Waals surface area contributed by atoms with Gasteiger partial charge in [-0.3, -0.25) is 5.10 Å². The highest BCUT2D eigenvalue weighted by atomic mass is 35.5. The number of nitrogens with two attached hydrogens (primary N) is 1. The second kappa shape index (κ2) is 4.00. The Morgan fingerprint density at radius 3 is 2.87 bits per heavy atom. The number of halogens is 1. The van der Waals surface area contributed by atoms with Crippen LogP contribution in [0.25, 0.3) is 0 Å². The van der Waals surface area contributed by atoms with Gasteiger partial charge >= 0.3 is 0 Å². The molecule has 0 aliphatic carbocycles. The van der Waals surface area contributed by atoms with E-state index < -0.39 is 0 Å². The van der Waals surface area contributed by atoms with Crippen molar-refractivity contribution in [3.05, 3.63) is 39.6 Å². The first-order valence-electron chi connectivity index (χ1n) is 4.18. The molecule has 0 aromatic carbocycles. The third-order valence-electron chi connectivity index (χ3n) is 1.93. The van der Waals surface area contributed by atoms with E-state index in [0.717, 1.165) is 5.56 Å². The van der Waals surface area contributed by atoms with Crippen molar-refractivity contribution in [2.45, 2.75) is 6.42 Å². The molecule has 0 aliphatic rings. The Bertz CT molecular complexity index is 515. The lowest BCUT2D eigenvalue weighted by Crippen LogP contribution is -2.13. The minimum Gasteiger partial charge on any atom is -0.335 e. The zero-order valence-electron chi connectivity index (χ0n) is 7.64. The summed E-state index contributed by atoms with van der Waals surface area (Å²) in [6, 6.07) is 3.59. The van der Waals surface area contributed by atoms with Gasteiger partial charge in [-0.05, 0) is 23.8 Å². The molecule has 0 saturated carbocycles. The highest BCUT2D eigenvalue weighted by Gasteiger charge is 2.04. The van der Waals surface area contributed by atoms with Crippen LogP contribution >= 0.6 is 23.8 Å². The maximum atomic E-state index is 5.67. The number of hydrogen-bond acceptors (Lipinski definition) is 4. The Balaban J connectivity index is 2.26. The van der Waals surface area contributed by atoms with E-state index in [1.165, 1.54) is 4.68 Å². The summed E-state index contributed by atoms with van der Waals surface area (Å²) >= 11 is 10.6. The maximum Gasteiger partial charge on any atom is 0.214 e. The van der Waals surface area contributed by atoms with E-state index in [4.69, 9.17) is 29.7 Å². The summed E-state index contributed by atoms with van der Waals surface area (Å²) in [6.07, 6.45) is 2.24. The van der Waals surface area contributed by atoms with Crippen molar-refractivity contribution in [3.8, 4) is 0 Å². The average Bonchev–Trinajstić information content (AvgIpc) is 2.53. The fourth-order valence-corrected chi connectivity index (χ4v) is 1.42. The standard InChI is InChI=1S/C8H8ClN5S/c9-6-2-1-5(4-11-6)3-7-12-13-8(15)14(7)10/h1-2,4H,3,10H2,(H,13,15). The predicted octanol–water partition coefficient (Wildman–Crippen LogP) is 1.29. The van der Waals surface area contributed by atoms with Gasteiger partial charge in [-0.15, -0.1) is 0 Å². The summed E-state index contributed by atoms with van der Waals surface area (Å²) < 4.78 is 1.73. The molecule has 0 saturated heterocycles. The predicted molar refractivity (Wildman–Crippen MR) is 59.6 cm³/mol.